The van der Waals surface area contributed by atoms with Crippen molar-refractivity contribution in [1.82, 2.24) is 0 Å². The van der Waals surface area contributed by atoms with Crippen LogP contribution in [0.3, 0.4) is 0 Å². The first-order valence-corrected chi connectivity index (χ1v) is 4.72. The van der Waals surface area contributed by atoms with E-state index in [0.717, 1.165) is 11.5 Å². The van der Waals surface area contributed by atoms with Crippen LogP contribution in [-0.4, -0.2) is 6.67 Å². The van der Waals surface area contributed by atoms with E-state index >= 15 is 0 Å². The molecule has 0 saturated heterocycles. The maximum absolute atomic E-state index is 12.2. The van der Waals surface area contributed by atoms with Gasteiger partial charge in [0.15, 0.2) is 0 Å². The number of benzene rings is 1. The normalized spacial score (nSPS) is 18.6. The fraction of sp³-hybridized carbons (Fsp3) is 0.455. The molecule has 2 N–H and O–H groups in total. The van der Waals surface area contributed by atoms with Crippen molar-refractivity contribution in [3.63, 3.8) is 0 Å². The highest BCUT2D eigenvalue weighted by Gasteiger charge is 2.23. The van der Waals surface area contributed by atoms with Gasteiger partial charge in [0.25, 0.3) is 0 Å². The van der Waals surface area contributed by atoms with Crippen molar-refractivity contribution < 1.29 is 4.39 Å². The van der Waals surface area contributed by atoms with Crippen LogP contribution in [0.1, 0.15) is 35.9 Å². The highest BCUT2D eigenvalue weighted by molar-refractivity contribution is 5.29. The lowest BCUT2D eigenvalue weighted by atomic mass is 10.0. The Hall–Kier alpha value is -0.890. The minimum absolute atomic E-state index is 0.451. The molecule has 1 aromatic carbocycles. The highest BCUT2D eigenvalue weighted by Crippen LogP contribution is 2.40. The molecule has 13 heavy (non-hydrogen) atoms. The van der Waals surface area contributed by atoms with E-state index in [1.165, 1.54) is 18.4 Å². The lowest BCUT2D eigenvalue weighted by molar-refractivity contribution is 0.437. The molecule has 1 aliphatic carbocycles. The Morgan fingerprint density at radius 2 is 1.92 bits per heavy atom. The largest absolute Gasteiger partial charge is 0.322 e. The lowest BCUT2D eigenvalue weighted by Gasteiger charge is -2.07. The summed E-state index contributed by atoms with van der Waals surface area (Å²) in [6, 6.07) is 7.58. The van der Waals surface area contributed by atoms with Crippen LogP contribution in [0.4, 0.5) is 4.39 Å². The van der Waals surface area contributed by atoms with Gasteiger partial charge in [0, 0.05) is 0 Å². The summed E-state index contributed by atoms with van der Waals surface area (Å²) in [5.74, 6) is 0.760. The molecule has 0 aromatic heterocycles. The van der Waals surface area contributed by atoms with Crippen LogP contribution in [0, 0.1) is 0 Å². The van der Waals surface area contributed by atoms with E-state index < -0.39 is 12.7 Å². The van der Waals surface area contributed by atoms with E-state index in [1.54, 1.807) is 0 Å². The second-order valence-corrected chi connectivity index (χ2v) is 3.70. The minimum atomic E-state index is -0.483. The van der Waals surface area contributed by atoms with Gasteiger partial charge < -0.3 is 5.73 Å². The molecule has 2 heteroatoms. The van der Waals surface area contributed by atoms with E-state index in [-0.39, 0.29) is 0 Å². The minimum Gasteiger partial charge on any atom is -0.322 e. The number of nitrogens with two attached hydrogens (primary N) is 1. The highest BCUT2D eigenvalue weighted by atomic mass is 19.1. The van der Waals surface area contributed by atoms with Gasteiger partial charge >= 0.3 is 0 Å². The zero-order chi connectivity index (χ0) is 9.26. The first kappa shape index (κ1) is 8.70. The van der Waals surface area contributed by atoms with E-state index in [4.69, 9.17) is 5.73 Å². The molecule has 1 aromatic rings. The number of hydrogen-bond acceptors (Lipinski definition) is 1. The van der Waals surface area contributed by atoms with Crippen molar-refractivity contribution in [1.29, 1.82) is 0 Å². The van der Waals surface area contributed by atoms with E-state index in [9.17, 15) is 4.39 Å². The van der Waals surface area contributed by atoms with Gasteiger partial charge in [0.05, 0.1) is 6.04 Å². The van der Waals surface area contributed by atoms with Crippen LogP contribution in [-0.2, 0) is 0 Å². The third kappa shape index (κ3) is 1.89. The molecule has 0 radical (unpaired) electrons. The molecule has 0 amide bonds. The molecule has 1 aliphatic rings. The van der Waals surface area contributed by atoms with Gasteiger partial charge in [-0.3, -0.25) is 0 Å². The molecule has 0 unspecified atom stereocenters. The molecule has 0 heterocycles. The quantitative estimate of drug-likeness (QED) is 0.758. The number of hydrogen-bond donors (Lipinski definition) is 1. The summed E-state index contributed by atoms with van der Waals surface area (Å²) < 4.78 is 12.2. The van der Waals surface area contributed by atoms with Crippen LogP contribution >= 0.6 is 0 Å². The monoisotopic (exact) mass is 179 g/mol. The summed E-state index contributed by atoms with van der Waals surface area (Å²) in [5, 5.41) is 0. The molecule has 1 nitrogen and oxygen atoms in total. The first-order valence-electron chi connectivity index (χ1n) is 4.72. The Kier molecular flexibility index (Phi) is 2.32. The third-order valence-electron chi connectivity index (χ3n) is 2.58. The SMILES string of the molecule is N[C@@H](CF)c1ccc(C2CC2)cc1. The number of alkyl halides is 1. The maximum Gasteiger partial charge on any atom is 0.109 e. The van der Waals surface area contributed by atoms with Crippen molar-refractivity contribution in [3.05, 3.63) is 35.4 Å². The second kappa shape index (κ2) is 3.46. The summed E-state index contributed by atoms with van der Waals surface area (Å²) in [7, 11) is 0. The van der Waals surface area contributed by atoms with Crippen LogP contribution in [0.5, 0.6) is 0 Å². The molecular formula is C11H14FN. The fourth-order valence-corrected chi connectivity index (χ4v) is 1.52. The summed E-state index contributed by atoms with van der Waals surface area (Å²) in [5.41, 5.74) is 7.83. The van der Waals surface area contributed by atoms with Crippen LogP contribution < -0.4 is 5.73 Å². The van der Waals surface area contributed by atoms with E-state index in [0.29, 0.717) is 0 Å². The molecule has 70 valence electrons. The molecule has 1 fully saturated rings. The van der Waals surface area contributed by atoms with Crippen molar-refractivity contribution in [2.24, 2.45) is 5.73 Å². The average Bonchev–Trinajstić information content (AvgIpc) is 3.00. The predicted molar refractivity (Wildman–Crippen MR) is 51.3 cm³/mol. The third-order valence-corrected chi connectivity index (χ3v) is 2.58. The summed E-state index contributed by atoms with van der Waals surface area (Å²) in [4.78, 5) is 0. The smallest absolute Gasteiger partial charge is 0.109 e. The second-order valence-electron chi connectivity index (χ2n) is 3.70. The molecule has 1 saturated carbocycles. The Balaban J connectivity index is 2.12. The van der Waals surface area contributed by atoms with Gasteiger partial charge in [0.1, 0.15) is 6.67 Å². The van der Waals surface area contributed by atoms with Gasteiger partial charge in [-0.1, -0.05) is 24.3 Å². The zero-order valence-corrected chi connectivity index (χ0v) is 7.54. The molecule has 2 rings (SSSR count). The zero-order valence-electron chi connectivity index (χ0n) is 7.54. The predicted octanol–water partition coefficient (Wildman–Crippen LogP) is 2.53. The van der Waals surface area contributed by atoms with Crippen LogP contribution in [0.15, 0.2) is 24.3 Å². The van der Waals surface area contributed by atoms with Crippen LogP contribution in [0.25, 0.3) is 0 Å². The van der Waals surface area contributed by atoms with Crippen molar-refractivity contribution in [2.45, 2.75) is 24.8 Å². The van der Waals surface area contributed by atoms with Gasteiger partial charge in [-0.25, -0.2) is 4.39 Å². The maximum atomic E-state index is 12.2. The molecular weight excluding hydrogens is 165 g/mol. The summed E-state index contributed by atoms with van der Waals surface area (Å²) >= 11 is 0. The van der Waals surface area contributed by atoms with Crippen molar-refractivity contribution in [3.8, 4) is 0 Å². The Bertz CT molecular complexity index is 277. The Morgan fingerprint density at radius 3 is 2.38 bits per heavy atom. The molecule has 0 aliphatic heterocycles. The van der Waals surface area contributed by atoms with Crippen LogP contribution in [0.2, 0.25) is 0 Å². The van der Waals surface area contributed by atoms with Crippen molar-refractivity contribution >= 4 is 0 Å². The lowest BCUT2D eigenvalue weighted by Crippen LogP contribution is -2.11. The Morgan fingerprint density at radius 1 is 1.31 bits per heavy atom. The Labute approximate surface area is 77.8 Å². The van der Waals surface area contributed by atoms with Crippen molar-refractivity contribution in [2.75, 3.05) is 6.67 Å². The van der Waals surface area contributed by atoms with Gasteiger partial charge in [0.2, 0.25) is 0 Å². The molecule has 1 atom stereocenters. The number of rotatable bonds is 3. The van der Waals surface area contributed by atoms with E-state index in [2.05, 4.69) is 12.1 Å². The van der Waals surface area contributed by atoms with Gasteiger partial charge in [-0.15, -0.1) is 0 Å². The van der Waals surface area contributed by atoms with Gasteiger partial charge in [-0.05, 0) is 29.9 Å². The van der Waals surface area contributed by atoms with E-state index in [1.807, 2.05) is 12.1 Å². The first-order chi connectivity index (χ1) is 6.31. The summed E-state index contributed by atoms with van der Waals surface area (Å²) in [6.07, 6.45) is 2.60. The topological polar surface area (TPSA) is 26.0 Å². The molecule has 0 bridgehead atoms. The average molecular weight is 179 g/mol. The fourth-order valence-electron chi connectivity index (χ4n) is 1.52. The standard InChI is InChI=1S/C11H14FN/c12-7-11(13)10-5-3-9(4-6-10)8-1-2-8/h3-6,8,11H,1-2,7,13H2/t11-/m0/s1. The number of halogens is 1. The molecule has 0 spiro atoms. The summed E-state index contributed by atoms with van der Waals surface area (Å²) in [6.45, 7) is -0.483. The van der Waals surface area contributed by atoms with Gasteiger partial charge in [-0.2, -0.15) is 0 Å².